The first-order valence-electron chi connectivity index (χ1n) is 8.91. The second-order valence-corrected chi connectivity index (χ2v) is 6.39. The number of hydrogen-bond acceptors (Lipinski definition) is 5. The van der Waals surface area contributed by atoms with Gasteiger partial charge in [-0.3, -0.25) is 9.78 Å². The van der Waals surface area contributed by atoms with Gasteiger partial charge in [0.1, 0.15) is 17.3 Å². The van der Waals surface area contributed by atoms with Gasteiger partial charge in [-0.15, -0.1) is 0 Å². The van der Waals surface area contributed by atoms with Crippen LogP contribution in [0, 0.1) is 6.92 Å². The molecule has 138 valence electrons. The van der Waals surface area contributed by atoms with Gasteiger partial charge < -0.3 is 10.2 Å². The monoisotopic (exact) mass is 369 g/mol. The summed E-state index contributed by atoms with van der Waals surface area (Å²) in [5, 5.41) is 3.89. The van der Waals surface area contributed by atoms with Crippen LogP contribution in [0.2, 0.25) is 0 Å². The molecule has 0 saturated heterocycles. The van der Waals surface area contributed by atoms with E-state index in [4.69, 9.17) is 0 Å². The number of aryl methyl sites for hydroxylation is 1. The number of rotatable bonds is 4. The topological polar surface area (TPSA) is 71.0 Å². The highest BCUT2D eigenvalue weighted by atomic mass is 16.1. The zero-order chi connectivity index (χ0) is 19.5. The van der Waals surface area contributed by atoms with Crippen molar-refractivity contribution in [2.24, 2.45) is 0 Å². The van der Waals surface area contributed by atoms with Crippen molar-refractivity contribution in [3.63, 3.8) is 0 Å². The molecule has 0 aliphatic rings. The normalized spacial score (nSPS) is 10.6. The Hall–Kier alpha value is -3.80. The van der Waals surface area contributed by atoms with Gasteiger partial charge in [-0.1, -0.05) is 36.4 Å². The first kappa shape index (κ1) is 17.6. The summed E-state index contributed by atoms with van der Waals surface area (Å²) in [4.78, 5) is 28.0. The Morgan fingerprint density at radius 2 is 1.75 bits per heavy atom. The van der Waals surface area contributed by atoms with Crippen LogP contribution in [0.4, 0.5) is 17.2 Å². The molecule has 0 fully saturated rings. The van der Waals surface area contributed by atoms with Gasteiger partial charge in [-0.2, -0.15) is 0 Å². The number of para-hydroxylation sites is 2. The predicted octanol–water partition coefficient (Wildman–Crippen LogP) is 4.35. The van der Waals surface area contributed by atoms with Crippen molar-refractivity contribution in [3.8, 4) is 0 Å². The molecule has 1 amide bonds. The van der Waals surface area contributed by atoms with Gasteiger partial charge in [0.2, 0.25) is 0 Å². The van der Waals surface area contributed by atoms with Crippen molar-refractivity contribution in [2.45, 2.75) is 6.92 Å². The number of anilines is 3. The number of carbonyl (C=O) groups excluding carboxylic acids is 1. The Morgan fingerprint density at radius 3 is 2.57 bits per heavy atom. The van der Waals surface area contributed by atoms with Crippen LogP contribution in [-0.4, -0.2) is 27.9 Å². The second-order valence-electron chi connectivity index (χ2n) is 6.39. The molecule has 0 saturated carbocycles. The third kappa shape index (κ3) is 3.53. The zero-order valence-corrected chi connectivity index (χ0v) is 15.6. The number of pyridine rings is 1. The number of carbonyl (C=O) groups is 1. The molecule has 0 unspecified atom stereocenters. The summed E-state index contributed by atoms with van der Waals surface area (Å²) >= 11 is 0. The van der Waals surface area contributed by atoms with Crippen molar-refractivity contribution >= 4 is 34.0 Å². The second kappa shape index (κ2) is 7.44. The van der Waals surface area contributed by atoms with Crippen LogP contribution in [0.5, 0.6) is 0 Å². The van der Waals surface area contributed by atoms with Crippen LogP contribution >= 0.6 is 0 Å². The molecule has 0 spiro atoms. The zero-order valence-electron chi connectivity index (χ0n) is 15.6. The van der Waals surface area contributed by atoms with Gasteiger partial charge in [-0.05, 0) is 31.2 Å². The molecule has 4 rings (SSSR count). The smallest absolute Gasteiger partial charge is 0.274 e. The van der Waals surface area contributed by atoms with E-state index in [-0.39, 0.29) is 5.91 Å². The molecule has 1 N–H and O–H groups in total. The van der Waals surface area contributed by atoms with Crippen LogP contribution in [0.1, 0.15) is 16.3 Å². The maximum Gasteiger partial charge on any atom is 0.274 e. The fourth-order valence-electron chi connectivity index (χ4n) is 3.02. The fourth-order valence-corrected chi connectivity index (χ4v) is 3.02. The molecule has 0 aliphatic heterocycles. The maximum atomic E-state index is 12.9. The molecule has 0 atom stereocenters. The largest absolute Gasteiger partial charge is 0.329 e. The van der Waals surface area contributed by atoms with Gasteiger partial charge >= 0.3 is 0 Å². The summed E-state index contributed by atoms with van der Waals surface area (Å²) in [7, 11) is 1.91. The highest BCUT2D eigenvalue weighted by Crippen LogP contribution is 2.24. The number of benzene rings is 2. The SMILES string of the molecule is Cc1nc(C(=O)Nc2cccc3cccnc23)cc(N(C)c2ccccc2)n1. The van der Waals surface area contributed by atoms with Gasteiger partial charge in [0.25, 0.3) is 5.91 Å². The molecule has 0 aliphatic carbocycles. The van der Waals surface area contributed by atoms with Gasteiger partial charge in [-0.25, -0.2) is 9.97 Å². The van der Waals surface area contributed by atoms with Crippen molar-refractivity contribution in [1.29, 1.82) is 0 Å². The van der Waals surface area contributed by atoms with E-state index in [2.05, 4.69) is 20.3 Å². The van der Waals surface area contributed by atoms with Crippen molar-refractivity contribution < 1.29 is 4.79 Å². The molecule has 2 heterocycles. The molecule has 0 bridgehead atoms. The minimum absolute atomic E-state index is 0.300. The summed E-state index contributed by atoms with van der Waals surface area (Å²) in [6.07, 6.45) is 1.71. The third-order valence-corrected chi connectivity index (χ3v) is 4.43. The number of fused-ring (bicyclic) bond motifs is 1. The number of hydrogen-bond donors (Lipinski definition) is 1. The molecular formula is C22H19N5O. The van der Waals surface area contributed by atoms with Crippen molar-refractivity contribution in [1.82, 2.24) is 15.0 Å². The maximum absolute atomic E-state index is 12.9. The van der Waals surface area contributed by atoms with E-state index in [0.717, 1.165) is 16.6 Å². The third-order valence-electron chi connectivity index (χ3n) is 4.43. The first-order valence-corrected chi connectivity index (χ1v) is 8.91. The minimum Gasteiger partial charge on any atom is -0.329 e. The Morgan fingerprint density at radius 1 is 0.964 bits per heavy atom. The molecule has 4 aromatic rings. The lowest BCUT2D eigenvalue weighted by molar-refractivity contribution is 0.102. The minimum atomic E-state index is -0.300. The number of nitrogens with zero attached hydrogens (tertiary/aromatic N) is 4. The summed E-state index contributed by atoms with van der Waals surface area (Å²) < 4.78 is 0. The van der Waals surface area contributed by atoms with E-state index < -0.39 is 0 Å². The van der Waals surface area contributed by atoms with Crippen LogP contribution in [0.3, 0.4) is 0 Å². The number of aromatic nitrogens is 3. The van der Waals surface area contributed by atoms with Crippen molar-refractivity contribution in [3.05, 3.63) is 84.4 Å². The molecule has 2 aromatic heterocycles. The molecule has 0 radical (unpaired) electrons. The summed E-state index contributed by atoms with van der Waals surface area (Å²) in [6, 6.07) is 21.0. The number of amides is 1. The standard InChI is InChI=1S/C22H19N5O/c1-15-24-19(14-20(25-15)27(2)17-10-4-3-5-11-17)22(28)26-18-12-6-8-16-9-7-13-23-21(16)18/h3-14H,1-2H3,(H,26,28). The summed E-state index contributed by atoms with van der Waals surface area (Å²) in [6.45, 7) is 1.78. The predicted molar refractivity (Wildman–Crippen MR) is 111 cm³/mol. The Balaban J connectivity index is 1.65. The average Bonchev–Trinajstić information content (AvgIpc) is 2.73. The van der Waals surface area contributed by atoms with Crippen LogP contribution in [0.25, 0.3) is 10.9 Å². The molecule has 6 heteroatoms. The Kier molecular flexibility index (Phi) is 4.68. The van der Waals surface area contributed by atoms with Gasteiger partial charge in [0.05, 0.1) is 11.2 Å². The van der Waals surface area contributed by atoms with Crippen molar-refractivity contribution in [2.75, 3.05) is 17.3 Å². The first-order chi connectivity index (χ1) is 13.6. The Bertz CT molecular complexity index is 1140. The highest BCUT2D eigenvalue weighted by molar-refractivity contribution is 6.07. The van der Waals surface area contributed by atoms with Crippen LogP contribution in [0.15, 0.2) is 72.9 Å². The van der Waals surface area contributed by atoms with Gasteiger partial charge in [0.15, 0.2) is 0 Å². The molecule has 28 heavy (non-hydrogen) atoms. The molecule has 2 aromatic carbocycles. The van der Waals surface area contributed by atoms with E-state index in [0.29, 0.717) is 23.0 Å². The van der Waals surface area contributed by atoms with E-state index in [1.54, 1.807) is 19.2 Å². The van der Waals surface area contributed by atoms with E-state index >= 15 is 0 Å². The van der Waals surface area contributed by atoms with Crippen LogP contribution in [-0.2, 0) is 0 Å². The van der Waals surface area contributed by atoms with Gasteiger partial charge in [0, 0.05) is 30.4 Å². The van der Waals surface area contributed by atoms with E-state index in [1.807, 2.05) is 72.6 Å². The van der Waals surface area contributed by atoms with Crippen LogP contribution < -0.4 is 10.2 Å². The number of nitrogens with one attached hydrogen (secondary N) is 1. The molecular weight excluding hydrogens is 350 g/mol. The van der Waals surface area contributed by atoms with E-state index in [9.17, 15) is 4.79 Å². The lowest BCUT2D eigenvalue weighted by Crippen LogP contribution is -2.18. The van der Waals surface area contributed by atoms with E-state index in [1.165, 1.54) is 0 Å². The highest BCUT2D eigenvalue weighted by Gasteiger charge is 2.15. The summed E-state index contributed by atoms with van der Waals surface area (Å²) in [5.74, 6) is 0.882. The fraction of sp³-hybridized carbons (Fsp3) is 0.0909. The average molecular weight is 369 g/mol. The lowest BCUT2D eigenvalue weighted by atomic mass is 10.2. The quantitative estimate of drug-likeness (QED) is 0.579. The summed E-state index contributed by atoms with van der Waals surface area (Å²) in [5.41, 5.74) is 2.67. The Labute approximate surface area is 162 Å². The lowest BCUT2D eigenvalue weighted by Gasteiger charge is -2.19. The molecule has 6 nitrogen and oxygen atoms in total.